The lowest BCUT2D eigenvalue weighted by atomic mass is 10.1. The second kappa shape index (κ2) is 12.8. The van der Waals surface area contributed by atoms with Crippen LogP contribution in [-0.2, 0) is 9.59 Å². The van der Waals surface area contributed by atoms with E-state index >= 15 is 0 Å². The Morgan fingerprint density at radius 2 is 1.60 bits per heavy atom. The quantitative estimate of drug-likeness (QED) is 0.427. The highest BCUT2D eigenvalue weighted by molar-refractivity contribution is 6.35. The summed E-state index contributed by atoms with van der Waals surface area (Å²) in [6.07, 6.45) is 6.60. The Labute approximate surface area is 159 Å². The highest BCUT2D eigenvalue weighted by atomic mass is 35.5. The van der Waals surface area contributed by atoms with Crippen molar-refractivity contribution in [2.75, 3.05) is 6.61 Å². The maximum absolute atomic E-state index is 11.7. The number of benzene rings is 1. The average Bonchev–Trinajstić information content (AvgIpc) is 2.58. The van der Waals surface area contributed by atoms with E-state index < -0.39 is 0 Å². The summed E-state index contributed by atoms with van der Waals surface area (Å²) in [6.45, 7) is 2.50. The van der Waals surface area contributed by atoms with Crippen molar-refractivity contribution >= 4 is 35.0 Å². The fourth-order valence-corrected chi connectivity index (χ4v) is 2.62. The first-order chi connectivity index (χ1) is 12.0. The number of hydrogen-bond acceptors (Lipinski definition) is 3. The normalized spacial score (nSPS) is 10.4. The topological polar surface area (TPSA) is 67.4 Å². The summed E-state index contributed by atoms with van der Waals surface area (Å²) >= 11 is 11.8. The molecule has 0 fully saturated rings. The van der Waals surface area contributed by atoms with Crippen molar-refractivity contribution in [3.05, 3.63) is 28.2 Å². The predicted molar refractivity (Wildman–Crippen MR) is 101 cm³/mol. The minimum absolute atomic E-state index is 0.158. The molecule has 25 heavy (non-hydrogen) atoms. The van der Waals surface area contributed by atoms with Crippen molar-refractivity contribution in [1.82, 2.24) is 10.9 Å². The maximum atomic E-state index is 11.7. The molecule has 0 radical (unpaired) electrons. The van der Waals surface area contributed by atoms with Gasteiger partial charge in [0.05, 0.1) is 11.6 Å². The summed E-state index contributed by atoms with van der Waals surface area (Å²) in [6, 6.07) is 4.97. The third-order valence-electron chi connectivity index (χ3n) is 3.55. The molecule has 0 aliphatic heterocycles. The smallest absolute Gasteiger partial charge is 0.238 e. The van der Waals surface area contributed by atoms with E-state index in [1.54, 1.807) is 18.2 Å². The second-order valence-corrected chi connectivity index (χ2v) is 6.63. The van der Waals surface area contributed by atoms with Gasteiger partial charge in [0, 0.05) is 17.9 Å². The van der Waals surface area contributed by atoms with Gasteiger partial charge in [-0.1, -0.05) is 55.8 Å². The zero-order valence-electron chi connectivity index (χ0n) is 14.6. The van der Waals surface area contributed by atoms with E-state index in [0.29, 0.717) is 35.2 Å². The van der Waals surface area contributed by atoms with Gasteiger partial charge in [0.2, 0.25) is 11.8 Å². The number of hydrazine groups is 1. The number of amides is 2. The molecule has 0 unspecified atom stereocenters. The van der Waals surface area contributed by atoms with Crippen molar-refractivity contribution in [3.63, 3.8) is 0 Å². The first kappa shape index (κ1) is 21.6. The van der Waals surface area contributed by atoms with Gasteiger partial charge in [-0.25, -0.2) is 0 Å². The Morgan fingerprint density at radius 1 is 0.960 bits per heavy atom. The van der Waals surface area contributed by atoms with Gasteiger partial charge < -0.3 is 4.74 Å². The van der Waals surface area contributed by atoms with E-state index in [4.69, 9.17) is 27.9 Å². The molecule has 2 N–H and O–H groups in total. The molecule has 0 aliphatic rings. The van der Waals surface area contributed by atoms with Gasteiger partial charge in [-0.2, -0.15) is 0 Å². The van der Waals surface area contributed by atoms with E-state index in [1.165, 1.54) is 12.8 Å². The third-order valence-corrected chi connectivity index (χ3v) is 4.08. The fraction of sp³-hybridized carbons (Fsp3) is 0.556. The summed E-state index contributed by atoms with van der Waals surface area (Å²) in [7, 11) is 0. The first-order valence-electron chi connectivity index (χ1n) is 8.68. The van der Waals surface area contributed by atoms with Crippen molar-refractivity contribution in [2.24, 2.45) is 0 Å². The van der Waals surface area contributed by atoms with Gasteiger partial charge in [-0.3, -0.25) is 20.4 Å². The zero-order valence-corrected chi connectivity index (χ0v) is 16.1. The molecular weight excluding hydrogens is 363 g/mol. The van der Waals surface area contributed by atoms with Gasteiger partial charge in [0.25, 0.3) is 0 Å². The number of nitrogens with one attached hydrogen (secondary N) is 2. The number of carbonyl (C=O) groups excluding carboxylic acids is 2. The summed E-state index contributed by atoms with van der Waals surface area (Å²) in [5, 5.41) is 0.973. The number of ether oxygens (including phenoxy) is 1. The van der Waals surface area contributed by atoms with Crippen molar-refractivity contribution in [1.29, 1.82) is 0 Å². The number of hydrogen-bond donors (Lipinski definition) is 2. The molecule has 0 heterocycles. The molecule has 0 bridgehead atoms. The van der Waals surface area contributed by atoms with Crippen molar-refractivity contribution in [2.45, 2.75) is 58.3 Å². The standard InChI is InChI=1S/C18H26Cl2N2O3/c1-2-3-4-5-6-8-17(23)21-22-18(24)9-7-12-25-16-11-10-14(19)13-15(16)20/h10-11,13H,2-9,12H2,1H3,(H,21,23)(H,22,24). The average molecular weight is 389 g/mol. The Morgan fingerprint density at radius 3 is 2.24 bits per heavy atom. The molecule has 1 aromatic carbocycles. The molecule has 1 rings (SSSR count). The second-order valence-electron chi connectivity index (χ2n) is 5.79. The molecule has 5 nitrogen and oxygen atoms in total. The summed E-state index contributed by atoms with van der Waals surface area (Å²) in [5.41, 5.74) is 4.85. The molecule has 140 valence electrons. The molecule has 7 heteroatoms. The van der Waals surface area contributed by atoms with Gasteiger partial charge >= 0.3 is 0 Å². The molecule has 0 saturated carbocycles. The Bertz CT molecular complexity index is 553. The number of carbonyl (C=O) groups is 2. The van der Waals surface area contributed by atoms with E-state index in [0.717, 1.165) is 19.3 Å². The van der Waals surface area contributed by atoms with E-state index in [2.05, 4.69) is 17.8 Å². The van der Waals surface area contributed by atoms with Gasteiger partial charge in [0.15, 0.2) is 0 Å². The third kappa shape index (κ3) is 10.2. The molecule has 0 saturated heterocycles. The van der Waals surface area contributed by atoms with Crippen LogP contribution in [0, 0.1) is 0 Å². The lowest BCUT2D eigenvalue weighted by molar-refractivity contribution is -0.129. The molecule has 2 amide bonds. The first-order valence-corrected chi connectivity index (χ1v) is 9.44. The van der Waals surface area contributed by atoms with Gasteiger partial charge in [-0.05, 0) is 31.0 Å². The molecule has 0 aromatic heterocycles. The van der Waals surface area contributed by atoms with Crippen LogP contribution in [0.1, 0.15) is 58.3 Å². The van der Waals surface area contributed by atoms with Crippen LogP contribution >= 0.6 is 23.2 Å². The van der Waals surface area contributed by atoms with Crippen LogP contribution in [0.25, 0.3) is 0 Å². The Hall–Kier alpha value is -1.46. The van der Waals surface area contributed by atoms with Crippen LogP contribution in [0.15, 0.2) is 18.2 Å². The Balaban J connectivity index is 2.07. The van der Waals surface area contributed by atoms with Gasteiger partial charge in [0.1, 0.15) is 5.75 Å². The van der Waals surface area contributed by atoms with Crippen LogP contribution in [0.3, 0.4) is 0 Å². The number of unbranched alkanes of at least 4 members (excludes halogenated alkanes) is 4. The van der Waals surface area contributed by atoms with E-state index in [9.17, 15) is 9.59 Å². The van der Waals surface area contributed by atoms with Gasteiger partial charge in [-0.15, -0.1) is 0 Å². The predicted octanol–water partition coefficient (Wildman–Crippen LogP) is 4.66. The molecule has 1 aromatic rings. The largest absolute Gasteiger partial charge is 0.492 e. The molecular formula is C18H26Cl2N2O3. The van der Waals surface area contributed by atoms with Crippen LogP contribution in [0.2, 0.25) is 10.0 Å². The van der Waals surface area contributed by atoms with Crippen LogP contribution < -0.4 is 15.6 Å². The number of rotatable bonds is 11. The van der Waals surface area contributed by atoms with E-state index in [-0.39, 0.29) is 18.2 Å². The molecule has 0 atom stereocenters. The van der Waals surface area contributed by atoms with E-state index in [1.807, 2.05) is 0 Å². The lowest BCUT2D eigenvalue weighted by Crippen LogP contribution is -2.41. The minimum atomic E-state index is -0.245. The van der Waals surface area contributed by atoms with Crippen LogP contribution in [-0.4, -0.2) is 18.4 Å². The van der Waals surface area contributed by atoms with Crippen molar-refractivity contribution < 1.29 is 14.3 Å². The minimum Gasteiger partial charge on any atom is -0.492 e. The molecule has 0 spiro atoms. The zero-order chi connectivity index (χ0) is 18.5. The molecule has 0 aliphatic carbocycles. The highest BCUT2D eigenvalue weighted by Crippen LogP contribution is 2.27. The monoisotopic (exact) mass is 388 g/mol. The van der Waals surface area contributed by atoms with Crippen LogP contribution in [0.5, 0.6) is 5.75 Å². The van der Waals surface area contributed by atoms with Crippen LogP contribution in [0.4, 0.5) is 0 Å². The SMILES string of the molecule is CCCCCCCC(=O)NNC(=O)CCCOc1ccc(Cl)cc1Cl. The fourth-order valence-electron chi connectivity index (χ4n) is 2.16. The number of halogens is 2. The highest BCUT2D eigenvalue weighted by Gasteiger charge is 2.06. The lowest BCUT2D eigenvalue weighted by Gasteiger charge is -2.09. The summed E-state index contributed by atoms with van der Waals surface area (Å²) < 4.78 is 5.50. The van der Waals surface area contributed by atoms with Crippen molar-refractivity contribution in [3.8, 4) is 5.75 Å². The maximum Gasteiger partial charge on any atom is 0.238 e. The summed E-state index contributed by atoms with van der Waals surface area (Å²) in [5.74, 6) is 0.127. The summed E-state index contributed by atoms with van der Waals surface area (Å²) in [4.78, 5) is 23.2. The Kier molecular flexibility index (Phi) is 11.1.